The van der Waals surface area contributed by atoms with Crippen molar-refractivity contribution in [3.05, 3.63) is 96.2 Å². The van der Waals surface area contributed by atoms with Crippen LogP contribution in [0, 0.1) is 0 Å². The minimum absolute atomic E-state index is 0.283. The van der Waals surface area contributed by atoms with E-state index in [2.05, 4.69) is 10.6 Å². The van der Waals surface area contributed by atoms with Gasteiger partial charge in [-0.05, 0) is 79.4 Å². The van der Waals surface area contributed by atoms with Gasteiger partial charge in [0.1, 0.15) is 0 Å². The Morgan fingerprint density at radius 2 is 1.67 bits per heavy atom. The number of carbonyl (C=O) groups is 1. The molecule has 4 N–H and O–H groups in total. The molecule has 36 heavy (non-hydrogen) atoms. The van der Waals surface area contributed by atoms with Crippen molar-refractivity contribution in [2.24, 2.45) is 5.14 Å². The lowest BCUT2D eigenvalue weighted by molar-refractivity contribution is -0.137. The van der Waals surface area contributed by atoms with Crippen molar-refractivity contribution >= 4 is 23.7 Å². The molecule has 0 saturated carbocycles. The maximum absolute atomic E-state index is 12.7. The number of nitrogens with zero attached hydrogens (tertiary/aromatic N) is 2. The highest BCUT2D eigenvalue weighted by Gasteiger charge is 2.30. The largest absolute Gasteiger partial charge is 0.416 e. The van der Waals surface area contributed by atoms with Gasteiger partial charge >= 0.3 is 12.2 Å². The number of rotatable bonds is 8. The average molecular weight is 512 g/mol. The van der Waals surface area contributed by atoms with Crippen LogP contribution < -0.4 is 15.8 Å². The zero-order valence-corrected chi connectivity index (χ0v) is 19.9. The van der Waals surface area contributed by atoms with Crippen molar-refractivity contribution in [2.75, 3.05) is 11.9 Å². The number of anilines is 1. The van der Waals surface area contributed by atoms with Crippen LogP contribution in [0.15, 0.2) is 89.8 Å². The average Bonchev–Trinajstić information content (AvgIpc) is 3.31. The van der Waals surface area contributed by atoms with E-state index in [-0.39, 0.29) is 5.69 Å². The summed E-state index contributed by atoms with van der Waals surface area (Å²) in [4.78, 5) is 13.1. The van der Waals surface area contributed by atoms with Crippen molar-refractivity contribution in [1.29, 1.82) is 0 Å². The summed E-state index contributed by atoms with van der Waals surface area (Å²) in [6.07, 6.45) is -3.15. The van der Waals surface area contributed by atoms with Crippen LogP contribution in [-0.2, 0) is 12.6 Å². The van der Waals surface area contributed by atoms with E-state index < -0.39 is 17.8 Å². The molecule has 0 fully saturated rings. The van der Waals surface area contributed by atoms with Gasteiger partial charge in [-0.2, -0.15) is 18.3 Å². The number of amides is 2. The Balaban J connectivity index is 1.36. The second-order valence-corrected chi connectivity index (χ2v) is 8.68. The van der Waals surface area contributed by atoms with Gasteiger partial charge in [0, 0.05) is 22.7 Å². The molecule has 0 radical (unpaired) electrons. The predicted molar refractivity (Wildman–Crippen MR) is 136 cm³/mol. The van der Waals surface area contributed by atoms with Gasteiger partial charge < -0.3 is 10.6 Å². The highest BCUT2D eigenvalue weighted by atomic mass is 32.2. The van der Waals surface area contributed by atoms with Crippen molar-refractivity contribution in [1.82, 2.24) is 15.1 Å². The van der Waals surface area contributed by atoms with Crippen LogP contribution in [0.2, 0.25) is 0 Å². The van der Waals surface area contributed by atoms with Gasteiger partial charge in [0.2, 0.25) is 0 Å². The Morgan fingerprint density at radius 3 is 2.31 bits per heavy atom. The van der Waals surface area contributed by atoms with E-state index in [0.29, 0.717) is 19.4 Å². The first-order chi connectivity index (χ1) is 17.3. The molecule has 0 aliphatic rings. The lowest BCUT2D eigenvalue weighted by Gasteiger charge is -2.09. The molecule has 0 saturated heterocycles. The highest BCUT2D eigenvalue weighted by molar-refractivity contribution is 7.97. The molecular weight excluding hydrogens is 487 g/mol. The summed E-state index contributed by atoms with van der Waals surface area (Å²) in [6.45, 7) is 0.377. The Bertz CT molecular complexity index is 1290. The van der Waals surface area contributed by atoms with Crippen LogP contribution >= 0.6 is 11.9 Å². The molecule has 186 valence electrons. The second kappa shape index (κ2) is 11.3. The molecule has 10 heteroatoms. The van der Waals surface area contributed by atoms with E-state index in [1.807, 2.05) is 65.3 Å². The number of hydrogen-bond donors (Lipinski definition) is 3. The number of hydrogen-bond acceptors (Lipinski definition) is 4. The summed E-state index contributed by atoms with van der Waals surface area (Å²) in [5.41, 5.74) is 3.28. The number of aromatic nitrogens is 2. The standard InChI is InChI=1S/C26H24F3N5OS/c27-26(28,29)19-8-10-20(11-9-19)32-25(35)31-16-4-7-21-17-24(18-5-2-1-3-6-18)34(33-21)22-12-14-23(36-30)15-13-22/h1-3,5-6,8-15,17H,4,7,16,30H2,(H2,31,32,35). The van der Waals surface area contributed by atoms with Gasteiger partial charge in [-0.1, -0.05) is 30.3 Å². The zero-order chi connectivity index (χ0) is 25.5. The molecule has 0 unspecified atom stereocenters. The topological polar surface area (TPSA) is 85.0 Å². The Hall–Kier alpha value is -3.76. The number of nitrogens with one attached hydrogen (secondary N) is 2. The third kappa shape index (κ3) is 6.46. The number of carbonyl (C=O) groups excluding carboxylic acids is 1. The third-order valence-electron chi connectivity index (χ3n) is 5.41. The van der Waals surface area contributed by atoms with Crippen LogP contribution in [-0.4, -0.2) is 22.4 Å². The molecule has 6 nitrogen and oxygen atoms in total. The third-order valence-corrected chi connectivity index (χ3v) is 5.96. The summed E-state index contributed by atoms with van der Waals surface area (Å²) in [5, 5.41) is 15.7. The summed E-state index contributed by atoms with van der Waals surface area (Å²) in [6, 6.07) is 23.6. The van der Waals surface area contributed by atoms with E-state index in [1.165, 1.54) is 24.1 Å². The van der Waals surface area contributed by atoms with Gasteiger partial charge in [-0.25, -0.2) is 9.48 Å². The minimum atomic E-state index is -4.42. The fourth-order valence-corrected chi connectivity index (χ4v) is 3.91. The molecule has 1 heterocycles. The van der Waals surface area contributed by atoms with Crippen LogP contribution in [0.1, 0.15) is 17.7 Å². The number of aryl methyl sites for hydroxylation is 1. The molecule has 0 bridgehead atoms. The number of nitrogens with two attached hydrogens (primary N) is 1. The molecule has 0 atom stereocenters. The molecule has 4 aromatic rings. The van der Waals surface area contributed by atoms with E-state index in [9.17, 15) is 18.0 Å². The number of halogens is 3. The molecule has 4 rings (SSSR count). The van der Waals surface area contributed by atoms with E-state index in [4.69, 9.17) is 10.2 Å². The van der Waals surface area contributed by atoms with Crippen molar-refractivity contribution in [3.63, 3.8) is 0 Å². The summed E-state index contributed by atoms with van der Waals surface area (Å²) >= 11 is 1.18. The number of benzene rings is 3. The number of urea groups is 1. The summed E-state index contributed by atoms with van der Waals surface area (Å²) in [5.74, 6) is 0. The Morgan fingerprint density at radius 1 is 0.972 bits per heavy atom. The van der Waals surface area contributed by atoms with Gasteiger partial charge in [0.15, 0.2) is 0 Å². The zero-order valence-electron chi connectivity index (χ0n) is 19.1. The van der Waals surface area contributed by atoms with Crippen LogP contribution in [0.4, 0.5) is 23.7 Å². The molecule has 0 spiro atoms. The lowest BCUT2D eigenvalue weighted by atomic mass is 10.1. The van der Waals surface area contributed by atoms with E-state index in [1.54, 1.807) is 0 Å². The monoisotopic (exact) mass is 511 g/mol. The van der Waals surface area contributed by atoms with Gasteiger partial charge in [0.25, 0.3) is 0 Å². The fraction of sp³-hybridized carbons (Fsp3) is 0.154. The van der Waals surface area contributed by atoms with Crippen LogP contribution in [0.25, 0.3) is 16.9 Å². The normalized spacial score (nSPS) is 11.3. The Kier molecular flexibility index (Phi) is 7.97. The Labute approximate surface area is 210 Å². The molecule has 2 amide bonds. The SMILES string of the molecule is NSc1ccc(-n2nc(CCCNC(=O)Nc3ccc(C(F)(F)F)cc3)cc2-c2ccccc2)cc1. The van der Waals surface area contributed by atoms with Crippen molar-refractivity contribution in [3.8, 4) is 16.9 Å². The van der Waals surface area contributed by atoms with Crippen LogP contribution in [0.5, 0.6) is 0 Å². The first kappa shape index (κ1) is 25.3. The molecular formula is C26H24F3N5OS. The molecule has 1 aromatic heterocycles. The smallest absolute Gasteiger partial charge is 0.338 e. The van der Waals surface area contributed by atoms with E-state index >= 15 is 0 Å². The fourth-order valence-electron chi connectivity index (χ4n) is 3.62. The lowest BCUT2D eigenvalue weighted by Crippen LogP contribution is -2.29. The van der Waals surface area contributed by atoms with Crippen LogP contribution in [0.3, 0.4) is 0 Å². The molecule has 3 aromatic carbocycles. The van der Waals surface area contributed by atoms with Gasteiger partial charge in [-0.3, -0.25) is 5.14 Å². The molecule has 0 aliphatic carbocycles. The van der Waals surface area contributed by atoms with Gasteiger partial charge in [0.05, 0.1) is 22.6 Å². The molecule has 0 aliphatic heterocycles. The highest BCUT2D eigenvalue weighted by Crippen LogP contribution is 2.30. The maximum Gasteiger partial charge on any atom is 0.416 e. The van der Waals surface area contributed by atoms with Crippen molar-refractivity contribution in [2.45, 2.75) is 23.9 Å². The minimum Gasteiger partial charge on any atom is -0.338 e. The van der Waals surface area contributed by atoms with Crippen molar-refractivity contribution < 1.29 is 18.0 Å². The quantitative estimate of drug-likeness (QED) is 0.192. The second-order valence-electron chi connectivity index (χ2n) is 7.97. The summed E-state index contributed by atoms with van der Waals surface area (Å²) < 4.78 is 39.9. The predicted octanol–water partition coefficient (Wildman–Crippen LogP) is 6.28. The first-order valence-corrected chi connectivity index (χ1v) is 12.0. The maximum atomic E-state index is 12.7. The van der Waals surface area contributed by atoms with E-state index in [0.717, 1.165) is 39.7 Å². The summed E-state index contributed by atoms with van der Waals surface area (Å²) in [7, 11) is 0. The number of alkyl halides is 3. The van der Waals surface area contributed by atoms with Gasteiger partial charge in [-0.15, -0.1) is 0 Å². The first-order valence-electron chi connectivity index (χ1n) is 11.2.